The monoisotopic (exact) mass is 428 g/mol. The van der Waals surface area contributed by atoms with Crippen LogP contribution in [0.1, 0.15) is 55.1 Å². The first kappa shape index (κ1) is 21.5. The number of carbonyl (C=O) groups is 2. The van der Waals surface area contributed by atoms with E-state index < -0.39 is 5.54 Å². The van der Waals surface area contributed by atoms with Gasteiger partial charge in [-0.2, -0.15) is 0 Å². The van der Waals surface area contributed by atoms with Crippen LogP contribution in [0.5, 0.6) is 0 Å². The summed E-state index contributed by atoms with van der Waals surface area (Å²) in [6.45, 7) is 9.74. The molecular formula is C22H32N6O3. The molecular weight excluding hydrogens is 396 g/mol. The molecule has 9 nitrogen and oxygen atoms in total. The molecule has 2 aromatic heterocycles. The predicted octanol–water partition coefficient (Wildman–Crippen LogP) is 1.36. The molecule has 0 unspecified atom stereocenters. The number of nitrogens with zero attached hydrogens (tertiary/aromatic N) is 3. The molecule has 168 valence electrons. The molecule has 4 heterocycles. The lowest BCUT2D eigenvalue weighted by atomic mass is 9.78. The van der Waals surface area contributed by atoms with E-state index in [1.165, 1.54) is 0 Å². The van der Waals surface area contributed by atoms with E-state index in [4.69, 9.17) is 4.52 Å². The van der Waals surface area contributed by atoms with Crippen molar-refractivity contribution in [1.29, 1.82) is 0 Å². The van der Waals surface area contributed by atoms with Crippen LogP contribution in [0.4, 0.5) is 0 Å². The van der Waals surface area contributed by atoms with Crippen molar-refractivity contribution < 1.29 is 14.1 Å². The van der Waals surface area contributed by atoms with Crippen molar-refractivity contribution in [2.45, 2.75) is 65.0 Å². The van der Waals surface area contributed by atoms with E-state index >= 15 is 0 Å². The molecule has 1 saturated heterocycles. The standard InChI is InChI=1S/C22H32N6O3/c1-13(2)11-23-21(30)18-10-17-20(25-12-24-17)22(26-18)5-7-28(8-6-22)19(29)9-16-14(3)27-31-15(16)4/h12-13,18,26H,5-11H2,1-4H3,(H,23,30)(H,24,25)/t18-/m0/s1. The molecule has 3 N–H and O–H groups in total. The Morgan fingerprint density at radius 1 is 1.32 bits per heavy atom. The van der Waals surface area contributed by atoms with Crippen molar-refractivity contribution in [3.05, 3.63) is 34.7 Å². The SMILES string of the molecule is Cc1noc(C)c1CC(=O)N1CCC2(CC1)N[C@H](C(=O)NCC(C)C)Cc1[nH]cnc12. The smallest absolute Gasteiger partial charge is 0.237 e. The van der Waals surface area contributed by atoms with Gasteiger partial charge in [-0.1, -0.05) is 19.0 Å². The van der Waals surface area contributed by atoms with Gasteiger partial charge in [-0.05, 0) is 32.6 Å². The van der Waals surface area contributed by atoms with Gasteiger partial charge in [-0.3, -0.25) is 14.9 Å². The maximum absolute atomic E-state index is 12.9. The minimum atomic E-state index is -0.396. The Kier molecular flexibility index (Phi) is 5.88. The number of carbonyl (C=O) groups excluding carboxylic acids is 2. The molecule has 2 aromatic rings. The van der Waals surface area contributed by atoms with E-state index in [9.17, 15) is 9.59 Å². The van der Waals surface area contributed by atoms with E-state index in [-0.39, 0.29) is 17.9 Å². The van der Waals surface area contributed by atoms with Gasteiger partial charge in [-0.25, -0.2) is 4.98 Å². The highest BCUT2D eigenvalue weighted by molar-refractivity contribution is 5.82. The van der Waals surface area contributed by atoms with Crippen LogP contribution in [0.3, 0.4) is 0 Å². The summed E-state index contributed by atoms with van der Waals surface area (Å²) in [5, 5.41) is 10.6. The van der Waals surface area contributed by atoms with Crippen molar-refractivity contribution in [3.63, 3.8) is 0 Å². The summed E-state index contributed by atoms with van der Waals surface area (Å²) in [6.07, 6.45) is 4.03. The third kappa shape index (κ3) is 4.23. The second kappa shape index (κ2) is 8.45. The number of hydrogen-bond donors (Lipinski definition) is 3. The van der Waals surface area contributed by atoms with Crippen molar-refractivity contribution >= 4 is 11.8 Å². The van der Waals surface area contributed by atoms with Crippen molar-refractivity contribution in [3.8, 4) is 0 Å². The van der Waals surface area contributed by atoms with E-state index in [1.54, 1.807) is 6.33 Å². The van der Waals surface area contributed by atoms with Gasteiger partial charge in [0.25, 0.3) is 0 Å². The van der Waals surface area contributed by atoms with Crippen LogP contribution >= 0.6 is 0 Å². The molecule has 1 spiro atoms. The van der Waals surface area contributed by atoms with Gasteiger partial charge >= 0.3 is 0 Å². The highest BCUT2D eigenvalue weighted by Gasteiger charge is 2.46. The van der Waals surface area contributed by atoms with Crippen molar-refractivity contribution in [2.75, 3.05) is 19.6 Å². The highest BCUT2D eigenvalue weighted by Crippen LogP contribution is 2.37. The Morgan fingerprint density at radius 2 is 2.06 bits per heavy atom. The maximum atomic E-state index is 12.9. The lowest BCUT2D eigenvalue weighted by Gasteiger charge is -2.46. The summed E-state index contributed by atoms with van der Waals surface area (Å²) < 4.78 is 5.19. The zero-order chi connectivity index (χ0) is 22.2. The molecule has 2 amide bonds. The first-order valence-electron chi connectivity index (χ1n) is 11.1. The molecule has 2 aliphatic rings. The number of amides is 2. The van der Waals surface area contributed by atoms with Crippen LogP contribution in [0, 0.1) is 19.8 Å². The summed E-state index contributed by atoms with van der Waals surface area (Å²) in [4.78, 5) is 35.4. The van der Waals surface area contributed by atoms with Crippen LogP contribution in [0.25, 0.3) is 0 Å². The Hall–Kier alpha value is -2.68. The normalized spacial score (nSPS) is 20.2. The topological polar surface area (TPSA) is 116 Å². The lowest BCUT2D eigenvalue weighted by Crippen LogP contribution is -2.62. The number of aromatic amines is 1. The predicted molar refractivity (Wildman–Crippen MR) is 114 cm³/mol. The molecule has 0 aromatic carbocycles. The average molecular weight is 429 g/mol. The zero-order valence-electron chi connectivity index (χ0n) is 18.7. The molecule has 2 aliphatic heterocycles. The van der Waals surface area contributed by atoms with E-state index in [0.717, 1.165) is 22.6 Å². The Balaban J connectivity index is 1.45. The number of imidazole rings is 1. The fraction of sp³-hybridized carbons (Fsp3) is 0.636. The Labute approximate surface area is 182 Å². The molecule has 0 radical (unpaired) electrons. The van der Waals surface area contributed by atoms with Gasteiger partial charge in [0.05, 0.1) is 35.7 Å². The fourth-order valence-electron chi connectivity index (χ4n) is 4.67. The van der Waals surface area contributed by atoms with Crippen molar-refractivity contribution in [1.82, 2.24) is 30.7 Å². The lowest BCUT2D eigenvalue weighted by molar-refractivity contribution is -0.133. The second-order valence-corrected chi connectivity index (χ2v) is 9.21. The van der Waals surface area contributed by atoms with Gasteiger partial charge in [0.15, 0.2) is 0 Å². The largest absolute Gasteiger partial charge is 0.361 e. The quantitative estimate of drug-likeness (QED) is 0.662. The number of aryl methyl sites for hydroxylation is 2. The van der Waals surface area contributed by atoms with Crippen molar-refractivity contribution in [2.24, 2.45) is 5.92 Å². The summed E-state index contributed by atoms with van der Waals surface area (Å²) >= 11 is 0. The van der Waals surface area contributed by atoms with E-state index in [2.05, 4.69) is 39.6 Å². The van der Waals surface area contributed by atoms with Gasteiger partial charge in [0.2, 0.25) is 11.8 Å². The molecule has 1 fully saturated rings. The average Bonchev–Trinajstić information content (AvgIpc) is 3.35. The van der Waals surface area contributed by atoms with E-state index in [1.807, 2.05) is 18.7 Å². The maximum Gasteiger partial charge on any atom is 0.237 e. The van der Waals surface area contributed by atoms with Gasteiger partial charge in [-0.15, -0.1) is 0 Å². The number of hydrogen-bond acceptors (Lipinski definition) is 6. The van der Waals surface area contributed by atoms with Crippen LogP contribution in [-0.2, 0) is 28.0 Å². The van der Waals surface area contributed by atoms with Gasteiger partial charge in [0, 0.05) is 37.3 Å². The van der Waals surface area contributed by atoms with E-state index in [0.29, 0.717) is 57.0 Å². The van der Waals surface area contributed by atoms with Crippen LogP contribution in [-0.4, -0.2) is 57.5 Å². The van der Waals surface area contributed by atoms with Gasteiger partial charge in [0.1, 0.15) is 5.76 Å². The summed E-state index contributed by atoms with van der Waals surface area (Å²) in [6, 6.07) is -0.309. The number of fused-ring (bicyclic) bond motifs is 2. The Bertz CT molecular complexity index is 935. The molecule has 0 bridgehead atoms. The number of aromatic nitrogens is 3. The molecule has 0 aliphatic carbocycles. The zero-order valence-corrected chi connectivity index (χ0v) is 18.7. The van der Waals surface area contributed by atoms with Gasteiger partial charge < -0.3 is 19.7 Å². The van der Waals surface area contributed by atoms with Crippen LogP contribution < -0.4 is 10.6 Å². The van der Waals surface area contributed by atoms with Crippen LogP contribution in [0.15, 0.2) is 10.9 Å². The summed E-state index contributed by atoms with van der Waals surface area (Å²) in [5.74, 6) is 1.19. The molecule has 1 atom stereocenters. The van der Waals surface area contributed by atoms with Crippen LogP contribution in [0.2, 0.25) is 0 Å². The number of piperidine rings is 1. The molecule has 4 rings (SSSR count). The number of nitrogens with one attached hydrogen (secondary N) is 3. The minimum Gasteiger partial charge on any atom is -0.361 e. The third-order valence-corrected chi connectivity index (χ3v) is 6.51. The first-order chi connectivity index (χ1) is 14.8. The third-order valence-electron chi connectivity index (χ3n) is 6.51. The molecule has 0 saturated carbocycles. The molecule has 9 heteroatoms. The minimum absolute atomic E-state index is 0.0187. The highest BCUT2D eigenvalue weighted by atomic mass is 16.5. The summed E-state index contributed by atoms with van der Waals surface area (Å²) in [7, 11) is 0. The molecule has 31 heavy (non-hydrogen) atoms. The number of H-pyrrole nitrogens is 1. The number of rotatable bonds is 5. The fourth-order valence-corrected chi connectivity index (χ4v) is 4.67. The second-order valence-electron chi connectivity index (χ2n) is 9.21. The number of likely N-dealkylation sites (tertiary alicyclic amines) is 1. The summed E-state index contributed by atoms with van der Waals surface area (Å²) in [5.41, 5.74) is 3.24. The first-order valence-corrected chi connectivity index (χ1v) is 11.1. The Morgan fingerprint density at radius 3 is 2.71 bits per heavy atom.